The fraction of sp³-hybridized carbons (Fsp3) is 0.273. The molecule has 0 radical (unpaired) electrons. The Morgan fingerprint density at radius 2 is 1.69 bits per heavy atom. The Kier molecular flexibility index (Phi) is 8.72. The first kappa shape index (κ1) is 22.0. The van der Waals surface area contributed by atoms with Crippen molar-refractivity contribution in [2.45, 2.75) is 19.0 Å². The smallest absolute Gasteiger partial charge is 0.328 e. The fourth-order valence-corrected chi connectivity index (χ4v) is 3.06. The van der Waals surface area contributed by atoms with Gasteiger partial charge in [-0.3, -0.25) is 4.90 Å². The molecular formula is C22H26N2O5. The third-order valence-electron chi connectivity index (χ3n) is 4.36. The minimum atomic E-state index is -1.26. The number of hydrogen-bond donors (Lipinski definition) is 3. The topological polar surface area (TPSA) is 99.1 Å². The van der Waals surface area contributed by atoms with E-state index < -0.39 is 11.9 Å². The first-order chi connectivity index (χ1) is 14.0. The van der Waals surface area contributed by atoms with Gasteiger partial charge in [0.1, 0.15) is 5.75 Å². The van der Waals surface area contributed by atoms with E-state index in [1.54, 1.807) is 7.11 Å². The fourth-order valence-electron chi connectivity index (χ4n) is 3.06. The van der Waals surface area contributed by atoms with Gasteiger partial charge >= 0.3 is 11.9 Å². The molecule has 3 N–H and O–H groups in total. The molecule has 1 atom stereocenters. The van der Waals surface area contributed by atoms with E-state index in [4.69, 9.17) is 14.9 Å². The summed E-state index contributed by atoms with van der Waals surface area (Å²) in [7, 11) is 1.72. The molecule has 1 saturated heterocycles. The van der Waals surface area contributed by atoms with Crippen LogP contribution in [0.3, 0.4) is 0 Å². The van der Waals surface area contributed by atoms with Crippen LogP contribution in [0.15, 0.2) is 66.7 Å². The van der Waals surface area contributed by atoms with Crippen molar-refractivity contribution in [1.29, 1.82) is 0 Å². The number of hydrogen-bond acceptors (Lipinski definition) is 5. The summed E-state index contributed by atoms with van der Waals surface area (Å²) in [5.41, 5.74) is 2.47. The van der Waals surface area contributed by atoms with Crippen molar-refractivity contribution in [2.75, 3.05) is 25.5 Å². The van der Waals surface area contributed by atoms with Gasteiger partial charge in [-0.25, -0.2) is 9.59 Å². The van der Waals surface area contributed by atoms with E-state index in [1.807, 2.05) is 18.2 Å². The average Bonchev–Trinajstić information content (AvgIpc) is 3.15. The molecule has 0 aromatic heterocycles. The lowest BCUT2D eigenvalue weighted by molar-refractivity contribution is -0.134. The van der Waals surface area contributed by atoms with Gasteiger partial charge in [-0.1, -0.05) is 42.5 Å². The number of para-hydroxylation sites is 2. The summed E-state index contributed by atoms with van der Waals surface area (Å²) in [6, 6.07) is 19.3. The molecule has 0 aliphatic carbocycles. The lowest BCUT2D eigenvalue weighted by Gasteiger charge is -2.18. The van der Waals surface area contributed by atoms with Gasteiger partial charge in [-0.05, 0) is 24.1 Å². The van der Waals surface area contributed by atoms with Gasteiger partial charge < -0.3 is 20.3 Å². The van der Waals surface area contributed by atoms with Crippen molar-refractivity contribution in [2.24, 2.45) is 0 Å². The van der Waals surface area contributed by atoms with Gasteiger partial charge in [0, 0.05) is 37.8 Å². The Labute approximate surface area is 170 Å². The highest BCUT2D eigenvalue weighted by molar-refractivity contribution is 5.89. The largest absolute Gasteiger partial charge is 0.495 e. The number of carbonyl (C=O) groups is 2. The third-order valence-corrected chi connectivity index (χ3v) is 4.36. The van der Waals surface area contributed by atoms with Crippen LogP contribution in [0.25, 0.3) is 0 Å². The van der Waals surface area contributed by atoms with Gasteiger partial charge in [0.15, 0.2) is 0 Å². The van der Waals surface area contributed by atoms with Crippen LogP contribution in [0.5, 0.6) is 5.75 Å². The zero-order valence-corrected chi connectivity index (χ0v) is 16.3. The molecule has 2 aromatic rings. The number of carboxylic acids is 2. The maximum absolute atomic E-state index is 9.55. The average molecular weight is 398 g/mol. The molecule has 7 heteroatoms. The van der Waals surface area contributed by atoms with Crippen molar-refractivity contribution >= 4 is 17.6 Å². The number of nitrogens with one attached hydrogen (secondary N) is 1. The minimum absolute atomic E-state index is 0.491. The molecular weight excluding hydrogens is 372 g/mol. The van der Waals surface area contributed by atoms with Crippen molar-refractivity contribution in [1.82, 2.24) is 4.90 Å². The Balaban J connectivity index is 0.000000321. The third kappa shape index (κ3) is 8.06. The lowest BCUT2D eigenvalue weighted by Crippen LogP contribution is -2.26. The second-order valence-corrected chi connectivity index (χ2v) is 6.56. The molecule has 1 unspecified atom stereocenters. The van der Waals surface area contributed by atoms with Crippen molar-refractivity contribution < 1.29 is 24.5 Å². The molecule has 2 aromatic carbocycles. The van der Waals surface area contributed by atoms with E-state index in [9.17, 15) is 9.59 Å². The molecule has 3 rings (SSSR count). The van der Waals surface area contributed by atoms with E-state index in [2.05, 4.69) is 46.6 Å². The summed E-state index contributed by atoms with van der Waals surface area (Å²) in [4.78, 5) is 21.6. The van der Waals surface area contributed by atoms with E-state index in [0.717, 1.165) is 31.1 Å². The quantitative estimate of drug-likeness (QED) is 0.616. The second kappa shape index (κ2) is 11.5. The predicted molar refractivity (Wildman–Crippen MR) is 111 cm³/mol. The zero-order chi connectivity index (χ0) is 21.1. The van der Waals surface area contributed by atoms with E-state index in [0.29, 0.717) is 18.2 Å². The normalized spacial score (nSPS) is 16.1. The highest BCUT2D eigenvalue weighted by Crippen LogP contribution is 2.26. The Bertz CT molecular complexity index is 807. The first-order valence-corrected chi connectivity index (χ1v) is 9.27. The van der Waals surface area contributed by atoms with Crippen molar-refractivity contribution in [3.8, 4) is 5.75 Å². The van der Waals surface area contributed by atoms with Crippen LogP contribution in [0.1, 0.15) is 12.0 Å². The maximum atomic E-state index is 9.55. The highest BCUT2D eigenvalue weighted by atomic mass is 16.5. The lowest BCUT2D eigenvalue weighted by atomic mass is 10.2. The summed E-state index contributed by atoms with van der Waals surface area (Å²) in [5.74, 6) is -1.60. The molecule has 1 aliphatic rings. The van der Waals surface area contributed by atoms with Crippen LogP contribution in [0.2, 0.25) is 0 Å². The number of nitrogens with zero attached hydrogens (tertiary/aromatic N) is 1. The monoisotopic (exact) mass is 398 g/mol. The van der Waals surface area contributed by atoms with E-state index >= 15 is 0 Å². The molecule has 7 nitrogen and oxygen atoms in total. The number of methoxy groups -OCH3 is 1. The van der Waals surface area contributed by atoms with Gasteiger partial charge in [0.2, 0.25) is 0 Å². The molecule has 0 amide bonds. The minimum Gasteiger partial charge on any atom is -0.495 e. The zero-order valence-electron chi connectivity index (χ0n) is 16.3. The SMILES string of the molecule is COc1ccccc1NC1CCN(Cc2ccccc2)C1.O=C(O)C=CC(=O)O. The van der Waals surface area contributed by atoms with Crippen LogP contribution in [0, 0.1) is 0 Å². The number of anilines is 1. The van der Waals surface area contributed by atoms with E-state index in [1.165, 1.54) is 12.0 Å². The number of aliphatic carboxylic acids is 2. The summed E-state index contributed by atoms with van der Waals surface area (Å²) < 4.78 is 5.40. The van der Waals surface area contributed by atoms with Crippen LogP contribution in [-0.4, -0.2) is 53.3 Å². The first-order valence-electron chi connectivity index (χ1n) is 9.27. The molecule has 0 bridgehead atoms. The number of rotatable bonds is 7. The standard InChI is InChI=1S/C18H22N2O.C4H4O4/c1-21-18-10-6-5-9-17(18)19-16-11-12-20(14-16)13-15-7-3-2-4-8-15;5-3(6)1-2-4(7)8/h2-10,16,19H,11-14H2,1H3;1-2H,(H,5,6)(H,7,8). The molecule has 1 heterocycles. The Morgan fingerprint density at radius 3 is 2.31 bits per heavy atom. The molecule has 1 aliphatic heterocycles. The summed E-state index contributed by atoms with van der Waals surface area (Å²) in [6.07, 6.45) is 2.29. The van der Waals surface area contributed by atoms with Crippen LogP contribution < -0.4 is 10.1 Å². The Hall–Kier alpha value is -3.32. The predicted octanol–water partition coefficient (Wildman–Crippen LogP) is 3.09. The number of carboxylic acid groups (broad SMARTS) is 2. The summed E-state index contributed by atoms with van der Waals surface area (Å²) in [6.45, 7) is 3.25. The van der Waals surface area contributed by atoms with Crippen LogP contribution in [-0.2, 0) is 16.1 Å². The summed E-state index contributed by atoms with van der Waals surface area (Å²) >= 11 is 0. The van der Waals surface area contributed by atoms with Gasteiger partial charge in [-0.2, -0.15) is 0 Å². The highest BCUT2D eigenvalue weighted by Gasteiger charge is 2.22. The summed E-state index contributed by atoms with van der Waals surface area (Å²) in [5, 5.41) is 19.2. The van der Waals surface area contributed by atoms with Gasteiger partial charge in [0.05, 0.1) is 12.8 Å². The molecule has 29 heavy (non-hydrogen) atoms. The molecule has 0 saturated carbocycles. The van der Waals surface area contributed by atoms with Gasteiger partial charge in [-0.15, -0.1) is 0 Å². The number of ether oxygens (including phenoxy) is 1. The number of benzene rings is 2. The van der Waals surface area contributed by atoms with Crippen LogP contribution >= 0.6 is 0 Å². The van der Waals surface area contributed by atoms with Gasteiger partial charge in [0.25, 0.3) is 0 Å². The van der Waals surface area contributed by atoms with Crippen molar-refractivity contribution in [3.63, 3.8) is 0 Å². The number of likely N-dealkylation sites (tertiary alicyclic amines) is 1. The van der Waals surface area contributed by atoms with Crippen LogP contribution in [0.4, 0.5) is 5.69 Å². The van der Waals surface area contributed by atoms with E-state index in [-0.39, 0.29) is 0 Å². The second-order valence-electron chi connectivity index (χ2n) is 6.56. The molecule has 154 valence electrons. The molecule has 1 fully saturated rings. The molecule has 0 spiro atoms. The Morgan fingerprint density at radius 1 is 1.07 bits per heavy atom. The van der Waals surface area contributed by atoms with Crippen molar-refractivity contribution in [3.05, 3.63) is 72.3 Å². The maximum Gasteiger partial charge on any atom is 0.328 e.